The summed E-state index contributed by atoms with van der Waals surface area (Å²) in [6, 6.07) is 11.7. The third-order valence-electron chi connectivity index (χ3n) is 7.46. The van der Waals surface area contributed by atoms with Crippen molar-refractivity contribution in [2.24, 2.45) is 5.92 Å². The van der Waals surface area contributed by atoms with E-state index in [1.165, 1.54) is 18.7 Å². The van der Waals surface area contributed by atoms with Gasteiger partial charge in [0.05, 0.1) is 32.4 Å². The van der Waals surface area contributed by atoms with Gasteiger partial charge >= 0.3 is 11.9 Å². The van der Waals surface area contributed by atoms with Crippen LogP contribution in [0.15, 0.2) is 53.0 Å². The van der Waals surface area contributed by atoms with Crippen LogP contribution in [0.3, 0.4) is 0 Å². The number of carbonyl (C=O) groups excluding carboxylic acids is 2. The fourth-order valence-electron chi connectivity index (χ4n) is 5.88. The summed E-state index contributed by atoms with van der Waals surface area (Å²) >= 11 is 3.61. The molecule has 1 fully saturated rings. The van der Waals surface area contributed by atoms with Crippen molar-refractivity contribution >= 4 is 27.9 Å². The molecule has 1 saturated heterocycles. The molecule has 2 heterocycles. The lowest BCUT2D eigenvalue weighted by atomic mass is 9.74. The largest absolute Gasteiger partial charge is 0.497 e. The van der Waals surface area contributed by atoms with E-state index < -0.39 is 11.5 Å². The van der Waals surface area contributed by atoms with Crippen LogP contribution in [0.1, 0.15) is 42.5 Å². The summed E-state index contributed by atoms with van der Waals surface area (Å²) < 4.78 is 22.4. The van der Waals surface area contributed by atoms with Gasteiger partial charge in [-0.05, 0) is 77.2 Å². The molecule has 0 bridgehead atoms. The Morgan fingerprint density at radius 1 is 1.14 bits per heavy atom. The minimum absolute atomic E-state index is 0.183. The number of ether oxygens (including phenoxy) is 4. The average molecular weight is 558 g/mol. The lowest BCUT2D eigenvalue weighted by Gasteiger charge is -2.41. The summed E-state index contributed by atoms with van der Waals surface area (Å²) in [4.78, 5) is 28.1. The lowest BCUT2D eigenvalue weighted by molar-refractivity contribution is -0.154. The van der Waals surface area contributed by atoms with Crippen LogP contribution in [0.2, 0.25) is 0 Å². The van der Waals surface area contributed by atoms with E-state index in [0.29, 0.717) is 13.2 Å². The fourth-order valence-corrected chi connectivity index (χ4v) is 6.44. The normalized spacial score (nSPS) is 25.2. The summed E-state index contributed by atoms with van der Waals surface area (Å²) in [5.41, 5.74) is 2.24. The zero-order valence-electron chi connectivity index (χ0n) is 21.2. The SMILES string of the molecule is CCOC(=O)/C=C/[C@@H]1[C@@H](c2ccc(OC)cc2)[C@](C)(C(=O)OC)N2CCc3cc(Br)c(OC)cc3[C@@H]12. The maximum atomic E-state index is 13.5. The van der Waals surface area contributed by atoms with Gasteiger partial charge in [0.2, 0.25) is 0 Å². The standard InChI is InChI=1S/C28H32BrNO6/c1-6-36-24(31)12-11-20-25(17-7-9-19(33-3)10-8-17)28(2,27(32)35-5)30-14-13-18-15-22(29)23(34-4)16-21(18)26(20)30/h7-12,15-16,20,25-26H,6,13-14H2,1-5H3/b12-11+/t20-,25-,26-,28-/m1/s1. The molecule has 0 amide bonds. The van der Waals surface area contributed by atoms with Crippen LogP contribution in [-0.4, -0.2) is 56.9 Å². The van der Waals surface area contributed by atoms with Gasteiger partial charge in [-0.2, -0.15) is 0 Å². The Hall–Kier alpha value is -2.84. The molecule has 2 aliphatic rings. The van der Waals surface area contributed by atoms with Crippen LogP contribution in [0.4, 0.5) is 0 Å². The fraction of sp³-hybridized carbons (Fsp3) is 0.429. The third-order valence-corrected chi connectivity index (χ3v) is 8.08. The average Bonchev–Trinajstić information content (AvgIpc) is 3.15. The first kappa shape index (κ1) is 26.2. The number of methoxy groups -OCH3 is 3. The topological polar surface area (TPSA) is 74.3 Å². The first-order valence-electron chi connectivity index (χ1n) is 12.0. The van der Waals surface area contributed by atoms with Gasteiger partial charge in [-0.3, -0.25) is 9.69 Å². The van der Waals surface area contributed by atoms with Crippen molar-refractivity contribution in [2.45, 2.75) is 37.8 Å². The summed E-state index contributed by atoms with van der Waals surface area (Å²) in [6.07, 6.45) is 4.14. The molecule has 4 rings (SSSR count). The number of benzene rings is 2. The van der Waals surface area contributed by atoms with Gasteiger partial charge in [0.25, 0.3) is 0 Å². The van der Waals surface area contributed by atoms with Crippen molar-refractivity contribution in [1.29, 1.82) is 0 Å². The Morgan fingerprint density at radius 2 is 1.86 bits per heavy atom. The van der Waals surface area contributed by atoms with E-state index in [9.17, 15) is 9.59 Å². The highest BCUT2D eigenvalue weighted by molar-refractivity contribution is 9.10. The number of carbonyl (C=O) groups is 2. The third kappa shape index (κ3) is 4.41. The number of halogens is 1. The van der Waals surface area contributed by atoms with Gasteiger partial charge in [0.1, 0.15) is 17.0 Å². The summed E-state index contributed by atoms with van der Waals surface area (Å²) in [5.74, 6) is 0.203. The van der Waals surface area contributed by atoms with E-state index in [1.54, 1.807) is 21.1 Å². The van der Waals surface area contributed by atoms with E-state index in [0.717, 1.165) is 33.5 Å². The van der Waals surface area contributed by atoms with Crippen LogP contribution in [-0.2, 0) is 25.5 Å². The zero-order valence-corrected chi connectivity index (χ0v) is 22.8. The van der Waals surface area contributed by atoms with Gasteiger partial charge in [-0.25, -0.2) is 4.79 Å². The first-order chi connectivity index (χ1) is 17.3. The van der Waals surface area contributed by atoms with E-state index in [-0.39, 0.29) is 23.8 Å². The quantitative estimate of drug-likeness (QED) is 0.356. The van der Waals surface area contributed by atoms with E-state index >= 15 is 0 Å². The highest BCUT2D eigenvalue weighted by Gasteiger charge is 2.61. The molecule has 0 saturated carbocycles. The van der Waals surface area contributed by atoms with Crippen molar-refractivity contribution in [3.05, 3.63) is 69.7 Å². The minimum atomic E-state index is -0.977. The van der Waals surface area contributed by atoms with Crippen LogP contribution in [0.5, 0.6) is 11.5 Å². The summed E-state index contributed by atoms with van der Waals surface area (Å²) in [6.45, 7) is 4.68. The molecule has 192 valence electrons. The highest BCUT2D eigenvalue weighted by atomic mass is 79.9. The molecule has 0 aliphatic carbocycles. The zero-order chi connectivity index (χ0) is 26.0. The molecule has 36 heavy (non-hydrogen) atoms. The molecule has 4 atom stereocenters. The van der Waals surface area contributed by atoms with Crippen molar-refractivity contribution in [3.63, 3.8) is 0 Å². The second kappa shape index (κ2) is 10.6. The van der Waals surface area contributed by atoms with Gasteiger partial charge in [0, 0.05) is 30.5 Å². The van der Waals surface area contributed by atoms with E-state index in [4.69, 9.17) is 18.9 Å². The van der Waals surface area contributed by atoms with Crippen molar-refractivity contribution < 1.29 is 28.5 Å². The van der Waals surface area contributed by atoms with Crippen molar-refractivity contribution in [3.8, 4) is 11.5 Å². The molecular weight excluding hydrogens is 526 g/mol. The predicted octanol–water partition coefficient (Wildman–Crippen LogP) is 4.83. The van der Waals surface area contributed by atoms with Gasteiger partial charge in [-0.15, -0.1) is 0 Å². The number of hydrogen-bond acceptors (Lipinski definition) is 7. The van der Waals surface area contributed by atoms with Gasteiger partial charge in [0.15, 0.2) is 0 Å². The molecule has 2 aliphatic heterocycles. The number of fused-ring (bicyclic) bond motifs is 3. The number of nitrogens with zero attached hydrogens (tertiary/aromatic N) is 1. The van der Waals surface area contributed by atoms with Crippen LogP contribution in [0, 0.1) is 5.92 Å². The molecule has 0 aromatic heterocycles. The van der Waals surface area contributed by atoms with Gasteiger partial charge in [-0.1, -0.05) is 18.2 Å². The first-order valence-corrected chi connectivity index (χ1v) is 12.8. The molecule has 2 aromatic rings. The monoisotopic (exact) mass is 557 g/mol. The Kier molecular flexibility index (Phi) is 7.76. The Labute approximate surface area is 220 Å². The van der Waals surface area contributed by atoms with Crippen LogP contribution < -0.4 is 9.47 Å². The molecular formula is C28H32BrNO6. The molecule has 7 nitrogen and oxygen atoms in total. The Bertz CT molecular complexity index is 1160. The molecule has 0 unspecified atom stereocenters. The maximum Gasteiger partial charge on any atom is 0.330 e. The highest BCUT2D eigenvalue weighted by Crippen LogP contribution is 2.58. The van der Waals surface area contributed by atoms with Crippen molar-refractivity contribution in [1.82, 2.24) is 4.90 Å². The molecule has 0 N–H and O–H groups in total. The maximum absolute atomic E-state index is 13.5. The molecule has 2 aromatic carbocycles. The predicted molar refractivity (Wildman–Crippen MR) is 139 cm³/mol. The second-order valence-electron chi connectivity index (χ2n) is 9.15. The molecule has 0 spiro atoms. The van der Waals surface area contributed by atoms with Crippen molar-refractivity contribution in [2.75, 3.05) is 34.5 Å². The number of esters is 2. The number of rotatable bonds is 7. The van der Waals surface area contributed by atoms with E-state index in [1.807, 2.05) is 43.3 Å². The minimum Gasteiger partial charge on any atom is -0.497 e. The van der Waals surface area contributed by atoms with Gasteiger partial charge < -0.3 is 18.9 Å². The number of hydrogen-bond donors (Lipinski definition) is 0. The second-order valence-corrected chi connectivity index (χ2v) is 10.0. The Morgan fingerprint density at radius 3 is 2.47 bits per heavy atom. The Balaban J connectivity index is 1.94. The smallest absolute Gasteiger partial charge is 0.330 e. The molecule has 8 heteroatoms. The van der Waals surface area contributed by atoms with E-state index in [2.05, 4.69) is 26.9 Å². The van der Waals surface area contributed by atoms with Crippen LogP contribution >= 0.6 is 15.9 Å². The molecule has 0 radical (unpaired) electrons. The lowest BCUT2D eigenvalue weighted by Crippen LogP contribution is -2.53. The summed E-state index contributed by atoms with van der Waals surface area (Å²) in [7, 11) is 4.68. The summed E-state index contributed by atoms with van der Waals surface area (Å²) in [5, 5.41) is 0. The van der Waals surface area contributed by atoms with Crippen LogP contribution in [0.25, 0.3) is 0 Å².